The predicted molar refractivity (Wildman–Crippen MR) is 114 cm³/mol. The number of carbonyl (C=O) groups excluding carboxylic acids is 1. The largest absolute Gasteiger partial charge is 0.455 e. The van der Waals surface area contributed by atoms with Crippen LogP contribution < -0.4 is 5.32 Å². The summed E-state index contributed by atoms with van der Waals surface area (Å²) in [6, 6.07) is 18.2. The van der Waals surface area contributed by atoms with Crippen molar-refractivity contribution in [2.24, 2.45) is 0 Å². The van der Waals surface area contributed by atoms with Gasteiger partial charge in [-0.1, -0.05) is 42.5 Å². The van der Waals surface area contributed by atoms with Gasteiger partial charge in [-0.2, -0.15) is 13.2 Å². The number of ether oxygens (including phenoxy) is 1. The van der Waals surface area contributed by atoms with Crippen molar-refractivity contribution in [1.82, 2.24) is 10.2 Å². The van der Waals surface area contributed by atoms with Gasteiger partial charge in [-0.25, -0.2) is 0 Å². The first-order valence-corrected chi connectivity index (χ1v) is 10.1. The maximum absolute atomic E-state index is 12.9. The molecule has 170 valence electrons. The number of furan rings is 1. The van der Waals surface area contributed by atoms with Crippen molar-refractivity contribution in [3.8, 4) is 0 Å². The zero-order valence-corrected chi connectivity index (χ0v) is 17.7. The average Bonchev–Trinajstić information content (AvgIpc) is 3.23. The van der Waals surface area contributed by atoms with Crippen LogP contribution in [0.25, 0.3) is 0 Å². The van der Waals surface area contributed by atoms with Crippen LogP contribution in [0.15, 0.2) is 71.1 Å². The van der Waals surface area contributed by atoms with Gasteiger partial charge in [0.05, 0.1) is 18.7 Å². The Balaban J connectivity index is 1.71. The van der Waals surface area contributed by atoms with Crippen molar-refractivity contribution < 1.29 is 27.1 Å². The van der Waals surface area contributed by atoms with Crippen LogP contribution in [0, 0.1) is 0 Å². The smallest absolute Gasteiger partial charge is 0.416 e. The van der Waals surface area contributed by atoms with E-state index in [2.05, 4.69) is 5.32 Å². The van der Waals surface area contributed by atoms with E-state index in [0.717, 1.165) is 23.3 Å². The second-order valence-electron chi connectivity index (χ2n) is 7.34. The van der Waals surface area contributed by atoms with E-state index in [1.807, 2.05) is 35.2 Å². The Labute approximate surface area is 184 Å². The van der Waals surface area contributed by atoms with Gasteiger partial charge in [-0.15, -0.1) is 0 Å². The van der Waals surface area contributed by atoms with Crippen LogP contribution in [0.1, 0.15) is 33.0 Å². The topological polar surface area (TPSA) is 54.7 Å². The van der Waals surface area contributed by atoms with Gasteiger partial charge in [0.2, 0.25) is 0 Å². The number of nitrogens with zero attached hydrogens (tertiary/aromatic N) is 1. The Kier molecular flexibility index (Phi) is 8.08. The van der Waals surface area contributed by atoms with Crippen LogP contribution in [0.3, 0.4) is 0 Å². The zero-order chi connectivity index (χ0) is 23.0. The normalized spacial score (nSPS) is 11.7. The number of nitrogens with one attached hydrogen (secondary N) is 1. The molecule has 8 heteroatoms. The molecule has 0 atom stereocenters. The molecule has 0 saturated heterocycles. The molecule has 2 aromatic carbocycles. The molecule has 0 radical (unpaired) electrons. The van der Waals surface area contributed by atoms with Gasteiger partial charge in [0, 0.05) is 26.7 Å². The van der Waals surface area contributed by atoms with Crippen molar-refractivity contribution in [2.75, 3.05) is 20.3 Å². The fourth-order valence-corrected chi connectivity index (χ4v) is 3.23. The highest BCUT2D eigenvalue weighted by Gasteiger charge is 2.30. The van der Waals surface area contributed by atoms with Crippen LogP contribution in [-0.2, 0) is 30.5 Å². The lowest BCUT2D eigenvalue weighted by Gasteiger charge is -2.22. The first kappa shape index (κ1) is 23.6. The molecule has 0 unspecified atom stereocenters. The van der Waals surface area contributed by atoms with E-state index in [-0.39, 0.29) is 11.7 Å². The van der Waals surface area contributed by atoms with Crippen molar-refractivity contribution in [2.45, 2.75) is 25.8 Å². The van der Waals surface area contributed by atoms with Gasteiger partial charge in [-0.3, -0.25) is 9.69 Å². The monoisotopic (exact) mass is 446 g/mol. The van der Waals surface area contributed by atoms with E-state index in [4.69, 9.17) is 9.15 Å². The van der Waals surface area contributed by atoms with Crippen molar-refractivity contribution in [1.29, 1.82) is 0 Å². The first-order chi connectivity index (χ1) is 15.3. The molecule has 0 aliphatic carbocycles. The molecule has 32 heavy (non-hydrogen) atoms. The third kappa shape index (κ3) is 6.96. The molecule has 3 aromatic rings. The van der Waals surface area contributed by atoms with E-state index in [1.165, 1.54) is 12.1 Å². The Morgan fingerprint density at radius 1 is 0.938 bits per heavy atom. The number of hydrogen-bond acceptors (Lipinski definition) is 4. The number of rotatable bonds is 10. The summed E-state index contributed by atoms with van der Waals surface area (Å²) in [6.45, 7) is 2.15. The Hall–Kier alpha value is -3.10. The lowest BCUT2D eigenvalue weighted by molar-refractivity contribution is -0.137. The summed E-state index contributed by atoms with van der Waals surface area (Å²) < 4.78 is 49.2. The molecule has 0 spiro atoms. The summed E-state index contributed by atoms with van der Waals surface area (Å²) in [7, 11) is 1.55. The maximum Gasteiger partial charge on any atom is 0.416 e. The number of alkyl halides is 3. The van der Waals surface area contributed by atoms with Crippen molar-refractivity contribution in [3.63, 3.8) is 0 Å². The summed E-state index contributed by atoms with van der Waals surface area (Å²) in [5.74, 6) is 0.459. The minimum absolute atomic E-state index is 0.199. The number of methoxy groups -OCH3 is 1. The molecule has 1 amide bonds. The molecule has 5 nitrogen and oxygen atoms in total. The summed E-state index contributed by atoms with van der Waals surface area (Å²) in [5.41, 5.74) is 1.13. The van der Waals surface area contributed by atoms with Crippen molar-refractivity contribution in [3.05, 3.63) is 94.9 Å². The minimum Gasteiger partial charge on any atom is -0.455 e. The van der Waals surface area contributed by atoms with Gasteiger partial charge >= 0.3 is 6.18 Å². The third-order valence-corrected chi connectivity index (χ3v) is 4.79. The molecule has 1 N–H and O–H groups in total. The molecule has 1 aromatic heterocycles. The van der Waals surface area contributed by atoms with Crippen LogP contribution in [0.2, 0.25) is 0 Å². The Morgan fingerprint density at radius 3 is 2.22 bits per heavy atom. The van der Waals surface area contributed by atoms with E-state index < -0.39 is 11.7 Å². The molecular formula is C24H25F3N2O3. The Morgan fingerprint density at radius 2 is 1.59 bits per heavy atom. The number of hydrogen-bond donors (Lipinski definition) is 1. The van der Waals surface area contributed by atoms with E-state index >= 15 is 0 Å². The molecule has 1 heterocycles. The second-order valence-corrected chi connectivity index (χ2v) is 7.34. The minimum atomic E-state index is -4.36. The van der Waals surface area contributed by atoms with Gasteiger partial charge in [0.25, 0.3) is 5.91 Å². The van der Waals surface area contributed by atoms with E-state index in [1.54, 1.807) is 19.2 Å². The summed E-state index contributed by atoms with van der Waals surface area (Å²) in [4.78, 5) is 14.2. The van der Waals surface area contributed by atoms with Crippen molar-refractivity contribution >= 4 is 5.91 Å². The zero-order valence-electron chi connectivity index (χ0n) is 17.7. The number of halogens is 3. The quantitative estimate of drug-likeness (QED) is 0.451. The van der Waals surface area contributed by atoms with Gasteiger partial charge in [0.15, 0.2) is 5.76 Å². The van der Waals surface area contributed by atoms with Crippen LogP contribution in [0.5, 0.6) is 0 Å². The summed E-state index contributed by atoms with van der Waals surface area (Å²) >= 11 is 0. The molecule has 3 rings (SSSR count). The first-order valence-electron chi connectivity index (χ1n) is 10.1. The fourth-order valence-electron chi connectivity index (χ4n) is 3.23. The predicted octanol–water partition coefficient (Wildman–Crippen LogP) is 4.88. The highest BCUT2D eigenvalue weighted by Crippen LogP contribution is 2.29. The molecule has 0 bridgehead atoms. The van der Waals surface area contributed by atoms with Gasteiger partial charge in [-0.05, 0) is 35.4 Å². The molecule has 0 aliphatic heterocycles. The standard InChI is InChI=1S/C24H25F3N2O3/c1-31-14-13-28-23(30)22-12-11-21(32-22)17-29(15-18-5-3-2-4-6-18)16-19-7-9-20(10-8-19)24(25,26)27/h2-12H,13-17H2,1H3,(H,28,30). The SMILES string of the molecule is COCCNC(=O)c1ccc(CN(Cc2ccccc2)Cc2ccc(C(F)(F)F)cc2)o1. The van der Waals surface area contributed by atoms with E-state index in [0.29, 0.717) is 38.5 Å². The van der Waals surface area contributed by atoms with Gasteiger partial charge in [0.1, 0.15) is 5.76 Å². The molecule has 0 fully saturated rings. The molecule has 0 aliphatic rings. The Bertz CT molecular complexity index is 986. The van der Waals surface area contributed by atoms with Crippen LogP contribution in [-0.4, -0.2) is 31.1 Å². The van der Waals surface area contributed by atoms with Crippen LogP contribution in [0.4, 0.5) is 13.2 Å². The second kappa shape index (κ2) is 11.0. The number of benzene rings is 2. The summed E-state index contributed by atoms with van der Waals surface area (Å²) in [5, 5.41) is 2.70. The third-order valence-electron chi connectivity index (χ3n) is 4.79. The number of amides is 1. The maximum atomic E-state index is 12.9. The van der Waals surface area contributed by atoms with E-state index in [9.17, 15) is 18.0 Å². The molecular weight excluding hydrogens is 421 g/mol. The van der Waals surface area contributed by atoms with Gasteiger partial charge < -0.3 is 14.5 Å². The highest BCUT2D eigenvalue weighted by molar-refractivity contribution is 5.91. The molecule has 0 saturated carbocycles. The average molecular weight is 446 g/mol. The van der Waals surface area contributed by atoms with Crippen LogP contribution >= 0.6 is 0 Å². The lowest BCUT2D eigenvalue weighted by atomic mass is 10.1. The lowest BCUT2D eigenvalue weighted by Crippen LogP contribution is -2.26. The summed E-state index contributed by atoms with van der Waals surface area (Å²) in [6.07, 6.45) is -4.36. The fraction of sp³-hybridized carbons (Fsp3) is 0.292. The highest BCUT2D eigenvalue weighted by atomic mass is 19.4. The number of carbonyl (C=O) groups is 1.